The summed E-state index contributed by atoms with van der Waals surface area (Å²) in [5.74, 6) is 3.39. The Morgan fingerprint density at radius 1 is 0.782 bits per heavy atom. The van der Waals surface area contributed by atoms with Gasteiger partial charge in [-0.15, -0.1) is 0 Å². The molecule has 0 spiro atoms. The molecule has 1 N–H and O–H groups in total. The molecule has 0 saturated heterocycles. The SMILES string of the molecule is C=C/C=C\C=C\c1nc(Cl)nc(-c2cc3c(c4ccccc24)-c2cc4c(cc2C3(C)C)C2=C(C=C(C3=NC(c5ccccc5)=NC(Cl)N3)C3CC23)C4(C)C)n1. The van der Waals surface area contributed by atoms with Crippen molar-refractivity contribution in [2.45, 2.75) is 50.6 Å². The minimum absolute atomic E-state index is 0.161. The van der Waals surface area contributed by atoms with Crippen molar-refractivity contribution >= 4 is 57.3 Å². The van der Waals surface area contributed by atoms with Crippen LogP contribution in [0.2, 0.25) is 5.28 Å². The van der Waals surface area contributed by atoms with Gasteiger partial charge in [0.05, 0.1) is 0 Å². The summed E-state index contributed by atoms with van der Waals surface area (Å²) in [5.41, 5.74) is 12.9. The molecule has 10 rings (SSSR count). The highest BCUT2D eigenvalue weighted by Gasteiger charge is 2.54. The maximum absolute atomic E-state index is 6.69. The molecule has 0 amide bonds. The Kier molecular flexibility index (Phi) is 7.62. The van der Waals surface area contributed by atoms with E-state index in [0.717, 1.165) is 28.8 Å². The summed E-state index contributed by atoms with van der Waals surface area (Å²) in [6.07, 6.45) is 12.7. The molecule has 5 aliphatic rings. The van der Waals surface area contributed by atoms with E-state index in [9.17, 15) is 0 Å². The van der Waals surface area contributed by atoms with E-state index in [0.29, 0.717) is 29.3 Å². The van der Waals surface area contributed by atoms with Gasteiger partial charge in [-0.3, -0.25) is 0 Å². The van der Waals surface area contributed by atoms with Gasteiger partial charge in [-0.25, -0.2) is 15.0 Å². The van der Waals surface area contributed by atoms with E-state index in [4.69, 9.17) is 33.2 Å². The number of hydrogen-bond acceptors (Lipinski definition) is 6. The molecule has 0 bridgehead atoms. The number of aromatic nitrogens is 3. The molecule has 1 aromatic heterocycles. The molecule has 4 aliphatic carbocycles. The fourth-order valence-corrected chi connectivity index (χ4v) is 9.70. The molecule has 8 heteroatoms. The largest absolute Gasteiger partial charge is 0.336 e. The fraction of sp³-hybridized carbons (Fsp3) is 0.213. The van der Waals surface area contributed by atoms with Gasteiger partial charge >= 0.3 is 0 Å². The Balaban J connectivity index is 1.09. The zero-order valence-corrected chi connectivity index (χ0v) is 32.5. The van der Waals surface area contributed by atoms with Crippen LogP contribution < -0.4 is 5.32 Å². The van der Waals surface area contributed by atoms with E-state index in [1.165, 1.54) is 55.5 Å². The number of aliphatic imine (C=N–C) groups is 2. The molecular weight excluding hydrogens is 719 g/mol. The molecule has 2 heterocycles. The topological polar surface area (TPSA) is 75.4 Å². The number of amidine groups is 2. The van der Waals surface area contributed by atoms with Gasteiger partial charge in [0.25, 0.3) is 0 Å². The molecule has 5 aromatic rings. The van der Waals surface area contributed by atoms with Gasteiger partial charge in [0, 0.05) is 22.0 Å². The lowest BCUT2D eigenvalue weighted by atomic mass is 9.77. The summed E-state index contributed by atoms with van der Waals surface area (Å²) in [4.78, 5) is 23.6. The van der Waals surface area contributed by atoms with Crippen molar-refractivity contribution < 1.29 is 0 Å². The van der Waals surface area contributed by atoms with Crippen molar-refractivity contribution in [1.29, 1.82) is 0 Å². The van der Waals surface area contributed by atoms with Crippen molar-refractivity contribution in [1.82, 2.24) is 20.3 Å². The highest BCUT2D eigenvalue weighted by molar-refractivity contribution is 6.28. The van der Waals surface area contributed by atoms with E-state index in [1.54, 1.807) is 6.08 Å². The van der Waals surface area contributed by atoms with E-state index >= 15 is 0 Å². The number of nitrogens with zero attached hydrogens (tertiary/aromatic N) is 5. The summed E-state index contributed by atoms with van der Waals surface area (Å²) >= 11 is 13.2. The van der Waals surface area contributed by atoms with Crippen LogP contribution in [0.1, 0.15) is 67.8 Å². The summed E-state index contributed by atoms with van der Waals surface area (Å²) in [5, 5.41) is 5.81. The van der Waals surface area contributed by atoms with Crippen LogP contribution in [0.15, 0.2) is 131 Å². The van der Waals surface area contributed by atoms with Crippen LogP contribution in [0.4, 0.5) is 0 Å². The lowest BCUT2D eigenvalue weighted by Gasteiger charge is -2.27. The molecule has 1 fully saturated rings. The average Bonchev–Trinajstić information content (AvgIpc) is 3.90. The summed E-state index contributed by atoms with van der Waals surface area (Å²) in [7, 11) is 0. The molecule has 1 aliphatic heterocycles. The third-order valence-corrected chi connectivity index (χ3v) is 12.5. The average molecular weight is 758 g/mol. The second-order valence-electron chi connectivity index (χ2n) is 16.0. The standard InChI is InChI=1S/C47H38Cl2N6/c1-6-7-8-12-19-38-50-42(54-44(48)51-38)30-21-36-39(27-18-14-13-17-26(27)30)32-23-35-33(24-34(32)46(36,2)3)40-29-20-28(29)31(22-37(40)47(35,4)5)43-52-41(53-45(49)55-43)25-15-10-9-11-16-25/h6-19,21-24,28-29,45H,1,20H2,2-5H3,(H,52,53,55)/b8-7-,19-12+. The number of nitrogens with one attached hydrogen (secondary N) is 1. The van der Waals surface area contributed by atoms with Gasteiger partial charge in [-0.1, -0.05) is 131 Å². The number of halogens is 2. The normalized spacial score (nSPS) is 22.4. The molecule has 3 atom stereocenters. The van der Waals surface area contributed by atoms with Gasteiger partial charge in [0.15, 0.2) is 23.1 Å². The van der Waals surface area contributed by atoms with Crippen LogP contribution in [-0.4, -0.2) is 32.2 Å². The molecule has 3 unspecified atom stereocenters. The molecule has 55 heavy (non-hydrogen) atoms. The second-order valence-corrected chi connectivity index (χ2v) is 16.7. The highest BCUT2D eigenvalue weighted by Crippen LogP contribution is 2.65. The first-order valence-corrected chi connectivity index (χ1v) is 19.6. The van der Waals surface area contributed by atoms with Crippen LogP contribution >= 0.6 is 23.2 Å². The predicted molar refractivity (Wildman–Crippen MR) is 227 cm³/mol. The number of allylic oxidation sites excluding steroid dienone is 7. The first-order chi connectivity index (χ1) is 26.5. The number of benzene rings is 4. The lowest BCUT2D eigenvalue weighted by molar-refractivity contribution is 0.644. The molecular formula is C47H38Cl2N6. The van der Waals surface area contributed by atoms with E-state index < -0.39 is 5.62 Å². The smallest absolute Gasteiger partial charge is 0.226 e. The predicted octanol–water partition coefficient (Wildman–Crippen LogP) is 11.0. The highest BCUT2D eigenvalue weighted by atomic mass is 35.5. The zero-order chi connectivity index (χ0) is 37.8. The number of alkyl halides is 1. The third kappa shape index (κ3) is 5.26. The molecule has 6 nitrogen and oxygen atoms in total. The Hall–Kier alpha value is -5.43. The first-order valence-electron chi connectivity index (χ1n) is 18.8. The van der Waals surface area contributed by atoms with E-state index in [2.05, 4.69) is 103 Å². The molecule has 4 aromatic carbocycles. The second kappa shape index (κ2) is 12.3. The van der Waals surface area contributed by atoms with Crippen molar-refractivity contribution in [3.8, 4) is 22.5 Å². The van der Waals surface area contributed by atoms with Gasteiger partial charge in [0.1, 0.15) is 5.84 Å². The Morgan fingerprint density at radius 3 is 2.31 bits per heavy atom. The van der Waals surface area contributed by atoms with Crippen molar-refractivity contribution in [2.24, 2.45) is 21.8 Å². The molecule has 270 valence electrons. The number of hydrogen-bond donors (Lipinski definition) is 1. The van der Waals surface area contributed by atoms with Crippen molar-refractivity contribution in [2.75, 3.05) is 0 Å². The minimum Gasteiger partial charge on any atom is -0.336 e. The zero-order valence-electron chi connectivity index (χ0n) is 31.0. The monoisotopic (exact) mass is 756 g/mol. The van der Waals surface area contributed by atoms with Crippen LogP contribution in [0, 0.1) is 11.8 Å². The summed E-state index contributed by atoms with van der Waals surface area (Å²) in [6.45, 7) is 13.2. The third-order valence-electron chi connectivity index (χ3n) is 12.1. The lowest BCUT2D eigenvalue weighted by Crippen LogP contribution is -2.37. The van der Waals surface area contributed by atoms with Gasteiger partial charge in [0.2, 0.25) is 5.28 Å². The van der Waals surface area contributed by atoms with Gasteiger partial charge < -0.3 is 5.32 Å². The summed E-state index contributed by atoms with van der Waals surface area (Å²) < 4.78 is 0. The van der Waals surface area contributed by atoms with Crippen LogP contribution in [0.3, 0.4) is 0 Å². The van der Waals surface area contributed by atoms with Gasteiger partial charge in [-0.2, -0.15) is 9.97 Å². The Morgan fingerprint density at radius 2 is 1.51 bits per heavy atom. The van der Waals surface area contributed by atoms with Gasteiger partial charge in [-0.05, 0) is 115 Å². The molecule has 0 radical (unpaired) electrons. The van der Waals surface area contributed by atoms with Crippen LogP contribution in [0.5, 0.6) is 0 Å². The van der Waals surface area contributed by atoms with Crippen molar-refractivity contribution in [3.05, 3.63) is 160 Å². The number of fused-ring (bicyclic) bond motifs is 9. The maximum Gasteiger partial charge on any atom is 0.226 e. The van der Waals surface area contributed by atoms with Crippen LogP contribution in [0.25, 0.3) is 44.9 Å². The van der Waals surface area contributed by atoms with Crippen LogP contribution in [-0.2, 0) is 10.8 Å². The quantitative estimate of drug-likeness (QED) is 0.106. The maximum atomic E-state index is 6.69. The Bertz CT molecular complexity index is 2710. The first kappa shape index (κ1) is 34.1. The fourth-order valence-electron chi connectivity index (χ4n) is 9.34. The minimum atomic E-state index is -0.573. The van der Waals surface area contributed by atoms with E-state index in [-0.39, 0.29) is 16.1 Å². The van der Waals surface area contributed by atoms with Crippen molar-refractivity contribution in [3.63, 3.8) is 0 Å². The molecule has 1 saturated carbocycles. The Labute approximate surface area is 330 Å². The summed E-state index contributed by atoms with van der Waals surface area (Å²) in [6, 6.07) is 26.0. The van der Waals surface area contributed by atoms with E-state index in [1.807, 2.05) is 54.6 Å². The number of rotatable bonds is 6.